The Morgan fingerprint density at radius 2 is 2.06 bits per heavy atom. The maximum Gasteiger partial charge on any atom is 0.294 e. The Morgan fingerprint density at radius 3 is 2.61 bits per heavy atom. The minimum absolute atomic E-state index is 0.0728. The molecule has 0 unspecified atom stereocenters. The average molecular weight is 243 g/mol. The number of hydrogen-bond acceptors (Lipinski definition) is 6. The molecule has 1 aromatic rings. The molecule has 1 rings (SSSR count). The first-order chi connectivity index (χ1) is 8.60. The summed E-state index contributed by atoms with van der Waals surface area (Å²) in [5, 5.41) is 29.3. The lowest BCUT2D eigenvalue weighted by Crippen LogP contribution is -2.30. The summed E-state index contributed by atoms with van der Waals surface area (Å²) in [5.74, 6) is 0. The number of nitro benzene ring substituents is 1. The molecule has 18 heavy (non-hydrogen) atoms. The molecule has 0 heterocycles. The molecule has 1 N–H and O–H groups in total. The van der Waals surface area contributed by atoms with Crippen molar-refractivity contribution in [1.82, 2.24) is 5.43 Å². The molecule has 0 aliphatic heterocycles. The quantitative estimate of drug-likeness (QED) is 0.487. The Labute approximate surface area is 103 Å². The first kappa shape index (κ1) is 13.0. The number of allylic oxidation sites excluding steroid dienone is 1. The molecule has 90 valence electrons. The molecule has 0 aliphatic carbocycles. The molecule has 0 aliphatic rings. The summed E-state index contributed by atoms with van der Waals surface area (Å²) in [5.41, 5.74) is 2.75. The summed E-state index contributed by atoms with van der Waals surface area (Å²) >= 11 is 0. The van der Waals surface area contributed by atoms with Gasteiger partial charge in [-0.2, -0.15) is 10.5 Å². The molecule has 0 amide bonds. The summed E-state index contributed by atoms with van der Waals surface area (Å²) in [4.78, 5) is 10.3. The van der Waals surface area contributed by atoms with Gasteiger partial charge in [0.25, 0.3) is 5.69 Å². The zero-order chi connectivity index (χ0) is 13.5. The van der Waals surface area contributed by atoms with Crippen LogP contribution in [0.3, 0.4) is 0 Å². The van der Waals surface area contributed by atoms with Crippen LogP contribution in [-0.2, 0) is 0 Å². The SMILES string of the molecule is CN(NC=C(C#N)C#N)c1ccccc1[N+](=O)[O-]. The van der Waals surface area contributed by atoms with Crippen molar-refractivity contribution in [3.8, 4) is 12.1 Å². The number of anilines is 1. The van der Waals surface area contributed by atoms with Crippen LogP contribution in [0.25, 0.3) is 0 Å². The van der Waals surface area contributed by atoms with Gasteiger partial charge < -0.3 is 5.43 Å². The van der Waals surface area contributed by atoms with Gasteiger partial charge in [-0.05, 0) is 6.07 Å². The molecule has 0 bridgehead atoms. The van der Waals surface area contributed by atoms with Crippen molar-refractivity contribution in [2.24, 2.45) is 0 Å². The van der Waals surface area contributed by atoms with E-state index in [0.29, 0.717) is 5.69 Å². The molecular formula is C11H9N5O2. The third kappa shape index (κ3) is 2.97. The summed E-state index contributed by atoms with van der Waals surface area (Å²) in [6.07, 6.45) is 1.18. The number of nitrogens with one attached hydrogen (secondary N) is 1. The third-order valence-corrected chi connectivity index (χ3v) is 2.08. The molecule has 7 heteroatoms. The number of para-hydroxylation sites is 2. The van der Waals surface area contributed by atoms with Crippen LogP contribution in [0.5, 0.6) is 0 Å². The Balaban J connectivity index is 2.96. The molecule has 0 saturated heterocycles. The van der Waals surface area contributed by atoms with E-state index in [4.69, 9.17) is 10.5 Å². The fourth-order valence-corrected chi connectivity index (χ4v) is 1.22. The van der Waals surface area contributed by atoms with Crippen LogP contribution in [0.1, 0.15) is 0 Å². The Hall–Kier alpha value is -3.06. The lowest BCUT2D eigenvalue weighted by Gasteiger charge is -2.18. The second kappa shape index (κ2) is 5.87. The number of nitro groups is 1. The maximum absolute atomic E-state index is 10.8. The molecule has 0 saturated carbocycles. The molecule has 7 nitrogen and oxygen atoms in total. The number of nitriles is 2. The zero-order valence-corrected chi connectivity index (χ0v) is 9.49. The molecule has 0 spiro atoms. The van der Waals surface area contributed by atoms with Gasteiger partial charge in [0.05, 0.1) is 4.92 Å². The van der Waals surface area contributed by atoms with Crippen molar-refractivity contribution in [3.05, 3.63) is 46.2 Å². The van der Waals surface area contributed by atoms with Gasteiger partial charge in [-0.1, -0.05) is 12.1 Å². The van der Waals surface area contributed by atoms with Gasteiger partial charge in [0, 0.05) is 19.3 Å². The number of rotatable bonds is 4. The minimum atomic E-state index is -0.507. The van der Waals surface area contributed by atoms with Crippen molar-refractivity contribution in [1.29, 1.82) is 10.5 Å². The monoisotopic (exact) mass is 243 g/mol. The summed E-state index contributed by atoms with van der Waals surface area (Å²) in [6, 6.07) is 9.48. The van der Waals surface area contributed by atoms with Crippen LogP contribution in [-0.4, -0.2) is 12.0 Å². The second-order valence-electron chi connectivity index (χ2n) is 3.22. The van der Waals surface area contributed by atoms with Gasteiger partial charge in [0.2, 0.25) is 0 Å². The fraction of sp³-hybridized carbons (Fsp3) is 0.0909. The standard InChI is InChI=1S/C11H9N5O2/c1-15(14-8-9(6-12)7-13)10-4-2-3-5-11(10)16(17)18/h2-5,8,14H,1H3. The largest absolute Gasteiger partial charge is 0.304 e. The topological polar surface area (TPSA) is 106 Å². The van der Waals surface area contributed by atoms with Gasteiger partial charge in [0.15, 0.2) is 0 Å². The van der Waals surface area contributed by atoms with E-state index in [9.17, 15) is 10.1 Å². The zero-order valence-electron chi connectivity index (χ0n) is 9.49. The average Bonchev–Trinajstić information content (AvgIpc) is 2.39. The molecule has 0 aromatic heterocycles. The van der Waals surface area contributed by atoms with Crippen LogP contribution in [0, 0.1) is 32.8 Å². The predicted octanol–water partition coefficient (Wildman–Crippen LogP) is 1.47. The van der Waals surface area contributed by atoms with Crippen molar-refractivity contribution < 1.29 is 4.92 Å². The van der Waals surface area contributed by atoms with Gasteiger partial charge >= 0.3 is 0 Å². The van der Waals surface area contributed by atoms with E-state index in [1.54, 1.807) is 37.4 Å². The van der Waals surface area contributed by atoms with Crippen LogP contribution in [0.15, 0.2) is 36.0 Å². The molecule has 0 fully saturated rings. The normalized spacial score (nSPS) is 8.61. The minimum Gasteiger partial charge on any atom is -0.304 e. The first-order valence-electron chi connectivity index (χ1n) is 4.84. The number of benzene rings is 1. The van der Waals surface area contributed by atoms with Crippen molar-refractivity contribution in [2.45, 2.75) is 0 Å². The van der Waals surface area contributed by atoms with E-state index in [-0.39, 0.29) is 11.3 Å². The van der Waals surface area contributed by atoms with Gasteiger partial charge in [-0.3, -0.25) is 15.1 Å². The highest BCUT2D eigenvalue weighted by molar-refractivity contribution is 5.62. The predicted molar refractivity (Wildman–Crippen MR) is 63.9 cm³/mol. The second-order valence-corrected chi connectivity index (χ2v) is 3.22. The van der Waals surface area contributed by atoms with E-state index in [2.05, 4.69) is 5.43 Å². The lowest BCUT2D eigenvalue weighted by molar-refractivity contribution is -0.384. The van der Waals surface area contributed by atoms with E-state index < -0.39 is 4.92 Å². The highest BCUT2D eigenvalue weighted by atomic mass is 16.6. The van der Waals surface area contributed by atoms with E-state index in [0.717, 1.165) is 0 Å². The third-order valence-electron chi connectivity index (χ3n) is 2.08. The van der Waals surface area contributed by atoms with E-state index in [1.807, 2.05) is 0 Å². The van der Waals surface area contributed by atoms with Gasteiger partial charge in [-0.25, -0.2) is 0 Å². The Morgan fingerprint density at radius 1 is 1.44 bits per heavy atom. The van der Waals surface area contributed by atoms with Crippen LogP contribution >= 0.6 is 0 Å². The van der Waals surface area contributed by atoms with Crippen LogP contribution in [0.2, 0.25) is 0 Å². The van der Waals surface area contributed by atoms with Crippen LogP contribution in [0.4, 0.5) is 11.4 Å². The van der Waals surface area contributed by atoms with Crippen molar-refractivity contribution in [2.75, 3.05) is 12.1 Å². The van der Waals surface area contributed by atoms with Crippen molar-refractivity contribution in [3.63, 3.8) is 0 Å². The van der Waals surface area contributed by atoms with Gasteiger partial charge in [-0.15, -0.1) is 0 Å². The highest BCUT2D eigenvalue weighted by Crippen LogP contribution is 2.25. The van der Waals surface area contributed by atoms with Gasteiger partial charge in [0.1, 0.15) is 23.4 Å². The molecule has 0 atom stereocenters. The lowest BCUT2D eigenvalue weighted by atomic mass is 10.2. The summed E-state index contributed by atoms with van der Waals surface area (Å²) in [7, 11) is 1.55. The fourth-order valence-electron chi connectivity index (χ4n) is 1.22. The Bertz CT molecular complexity index is 552. The highest BCUT2D eigenvalue weighted by Gasteiger charge is 2.15. The summed E-state index contributed by atoms with van der Waals surface area (Å²) in [6.45, 7) is 0. The molecule has 0 radical (unpaired) electrons. The first-order valence-corrected chi connectivity index (χ1v) is 4.84. The Kier molecular flexibility index (Phi) is 4.24. The number of hydrazine groups is 1. The van der Waals surface area contributed by atoms with E-state index >= 15 is 0 Å². The maximum atomic E-state index is 10.8. The van der Waals surface area contributed by atoms with Crippen LogP contribution < -0.4 is 10.4 Å². The molecular weight excluding hydrogens is 234 g/mol. The van der Waals surface area contributed by atoms with E-state index in [1.165, 1.54) is 17.3 Å². The molecule has 1 aromatic carbocycles. The number of hydrogen-bond donors (Lipinski definition) is 1. The number of nitrogens with zero attached hydrogens (tertiary/aromatic N) is 4. The summed E-state index contributed by atoms with van der Waals surface area (Å²) < 4.78 is 0. The van der Waals surface area contributed by atoms with Crippen molar-refractivity contribution >= 4 is 11.4 Å². The smallest absolute Gasteiger partial charge is 0.294 e.